The number of benzene rings is 2. The lowest BCUT2D eigenvalue weighted by Crippen LogP contribution is -2.43. The average molecular weight is 455 g/mol. The number of anilines is 2. The van der Waals surface area contributed by atoms with Gasteiger partial charge in [-0.05, 0) is 54.7 Å². The Hall–Kier alpha value is -3.40. The van der Waals surface area contributed by atoms with Crippen molar-refractivity contribution in [3.63, 3.8) is 0 Å². The minimum Gasteiger partial charge on any atom is -0.325 e. The zero-order chi connectivity index (χ0) is 22.5. The highest BCUT2D eigenvalue weighted by Gasteiger charge is 2.55. The van der Waals surface area contributed by atoms with Gasteiger partial charge >= 0.3 is 6.03 Å². The molecule has 0 radical (unpaired) electrons. The Morgan fingerprint density at radius 2 is 1.84 bits per heavy atom. The summed E-state index contributed by atoms with van der Waals surface area (Å²) >= 11 is 0. The molecule has 3 aliphatic rings. The second kappa shape index (κ2) is 7.33. The van der Waals surface area contributed by atoms with Gasteiger partial charge in [-0.1, -0.05) is 24.3 Å². The van der Waals surface area contributed by atoms with Crippen molar-refractivity contribution < 1.29 is 22.8 Å². The molecular weight excluding hydrogens is 432 g/mol. The van der Waals surface area contributed by atoms with Gasteiger partial charge in [0.1, 0.15) is 12.1 Å². The molecule has 2 heterocycles. The lowest BCUT2D eigenvalue weighted by molar-refractivity contribution is -0.134. The summed E-state index contributed by atoms with van der Waals surface area (Å²) in [5.74, 6) is -0.806. The van der Waals surface area contributed by atoms with Crippen molar-refractivity contribution in [2.24, 2.45) is 0 Å². The number of urea groups is 1. The van der Waals surface area contributed by atoms with Gasteiger partial charge in [-0.15, -0.1) is 0 Å². The van der Waals surface area contributed by atoms with E-state index < -0.39 is 40.0 Å². The molecule has 166 valence electrons. The third kappa shape index (κ3) is 3.22. The Kier molecular flexibility index (Phi) is 4.70. The topological polar surface area (TPSA) is 116 Å². The fourth-order valence-corrected chi connectivity index (χ4v) is 6.28. The molecule has 1 unspecified atom stereocenters. The van der Waals surface area contributed by atoms with E-state index in [2.05, 4.69) is 10.6 Å². The minimum atomic E-state index is -3.28. The van der Waals surface area contributed by atoms with Crippen LogP contribution in [0.5, 0.6) is 0 Å². The molecule has 2 saturated heterocycles. The predicted octanol–water partition coefficient (Wildman–Crippen LogP) is 1.56. The molecule has 1 aliphatic carbocycles. The molecule has 9 nitrogen and oxygen atoms in total. The van der Waals surface area contributed by atoms with E-state index in [1.54, 1.807) is 24.3 Å². The number of fused-ring (bicyclic) bond motifs is 2. The minimum absolute atomic E-state index is 0.128. The van der Waals surface area contributed by atoms with Gasteiger partial charge in [0.05, 0.1) is 11.4 Å². The summed E-state index contributed by atoms with van der Waals surface area (Å²) in [7, 11) is -3.28. The van der Waals surface area contributed by atoms with Crippen molar-refractivity contribution in [3.05, 3.63) is 59.7 Å². The van der Waals surface area contributed by atoms with Crippen LogP contribution in [0.1, 0.15) is 24.0 Å². The SMILES string of the molecule is O=C(CN1C(=O)NC2(CCc3ccccc32)C1=O)Nc1ccc(N2CCCS2(=O)=O)cc1. The van der Waals surface area contributed by atoms with Gasteiger partial charge in [0, 0.05) is 12.2 Å². The molecule has 1 atom stereocenters. The van der Waals surface area contributed by atoms with Gasteiger partial charge in [-0.25, -0.2) is 13.2 Å². The van der Waals surface area contributed by atoms with E-state index in [1.807, 2.05) is 24.3 Å². The third-order valence-electron chi connectivity index (χ3n) is 6.26. The molecule has 2 fully saturated rings. The van der Waals surface area contributed by atoms with Gasteiger partial charge in [0.15, 0.2) is 0 Å². The average Bonchev–Trinajstić information content (AvgIpc) is 3.39. The first kappa shape index (κ1) is 20.5. The van der Waals surface area contributed by atoms with Crippen molar-refractivity contribution in [3.8, 4) is 0 Å². The highest BCUT2D eigenvalue weighted by atomic mass is 32.2. The van der Waals surface area contributed by atoms with E-state index >= 15 is 0 Å². The monoisotopic (exact) mass is 454 g/mol. The van der Waals surface area contributed by atoms with Crippen LogP contribution in [0.3, 0.4) is 0 Å². The number of carbonyl (C=O) groups is 3. The second-order valence-corrected chi connectivity index (χ2v) is 10.2. The Balaban J connectivity index is 1.27. The van der Waals surface area contributed by atoms with Crippen LogP contribution in [-0.4, -0.2) is 50.0 Å². The van der Waals surface area contributed by atoms with Crippen LogP contribution in [-0.2, 0) is 31.6 Å². The third-order valence-corrected chi connectivity index (χ3v) is 8.13. The molecule has 2 aromatic rings. The Labute approximate surface area is 185 Å². The summed E-state index contributed by atoms with van der Waals surface area (Å²) in [6, 6.07) is 13.4. The van der Waals surface area contributed by atoms with Gasteiger partial charge in [0.25, 0.3) is 5.91 Å². The molecule has 1 spiro atoms. The maximum absolute atomic E-state index is 13.1. The molecule has 0 aromatic heterocycles. The van der Waals surface area contributed by atoms with E-state index in [0.717, 1.165) is 16.0 Å². The normalized spacial score (nSPS) is 23.5. The molecule has 2 aromatic carbocycles. The van der Waals surface area contributed by atoms with Crippen molar-refractivity contribution in [1.82, 2.24) is 10.2 Å². The van der Waals surface area contributed by atoms with Crippen LogP contribution in [0.2, 0.25) is 0 Å². The lowest BCUT2D eigenvalue weighted by Gasteiger charge is -2.22. The first-order valence-electron chi connectivity index (χ1n) is 10.4. The highest BCUT2D eigenvalue weighted by Crippen LogP contribution is 2.41. The number of nitrogens with one attached hydrogen (secondary N) is 2. The van der Waals surface area contributed by atoms with Crippen molar-refractivity contribution in [1.29, 1.82) is 0 Å². The molecule has 5 rings (SSSR count). The fraction of sp³-hybridized carbons (Fsp3) is 0.318. The van der Waals surface area contributed by atoms with Crippen LogP contribution in [0.15, 0.2) is 48.5 Å². The summed E-state index contributed by atoms with van der Waals surface area (Å²) in [5, 5.41) is 5.46. The lowest BCUT2D eigenvalue weighted by atomic mass is 9.92. The second-order valence-electron chi connectivity index (χ2n) is 8.22. The van der Waals surface area contributed by atoms with E-state index in [4.69, 9.17) is 0 Å². The molecule has 0 bridgehead atoms. The maximum Gasteiger partial charge on any atom is 0.325 e. The van der Waals surface area contributed by atoms with E-state index in [9.17, 15) is 22.8 Å². The molecule has 0 saturated carbocycles. The number of carbonyl (C=O) groups excluding carboxylic acids is 3. The van der Waals surface area contributed by atoms with Gasteiger partial charge < -0.3 is 10.6 Å². The molecule has 2 aliphatic heterocycles. The summed E-state index contributed by atoms with van der Waals surface area (Å²) in [4.78, 5) is 39.2. The molecule has 2 N–H and O–H groups in total. The smallest absolute Gasteiger partial charge is 0.325 e. The van der Waals surface area contributed by atoms with Crippen molar-refractivity contribution >= 4 is 39.2 Å². The zero-order valence-corrected chi connectivity index (χ0v) is 18.0. The quantitative estimate of drug-likeness (QED) is 0.681. The number of sulfonamides is 1. The summed E-state index contributed by atoms with van der Waals surface area (Å²) < 4.78 is 25.4. The predicted molar refractivity (Wildman–Crippen MR) is 118 cm³/mol. The van der Waals surface area contributed by atoms with E-state index in [1.165, 1.54) is 4.31 Å². The maximum atomic E-state index is 13.1. The number of hydrogen-bond acceptors (Lipinski definition) is 5. The number of aryl methyl sites for hydroxylation is 1. The van der Waals surface area contributed by atoms with Crippen LogP contribution < -0.4 is 14.9 Å². The summed E-state index contributed by atoms with van der Waals surface area (Å²) in [6.07, 6.45) is 1.73. The Bertz CT molecular complexity index is 1230. The number of hydrogen-bond donors (Lipinski definition) is 2. The van der Waals surface area contributed by atoms with Gasteiger partial charge in [-0.2, -0.15) is 0 Å². The molecule has 32 heavy (non-hydrogen) atoms. The number of amides is 4. The van der Waals surface area contributed by atoms with E-state index in [0.29, 0.717) is 37.2 Å². The zero-order valence-electron chi connectivity index (χ0n) is 17.2. The molecule has 4 amide bonds. The molecule has 10 heteroatoms. The van der Waals surface area contributed by atoms with Crippen LogP contribution in [0.4, 0.5) is 16.2 Å². The van der Waals surface area contributed by atoms with E-state index in [-0.39, 0.29) is 5.75 Å². The summed E-state index contributed by atoms with van der Waals surface area (Å²) in [6.45, 7) is 0.0297. The van der Waals surface area contributed by atoms with Crippen LogP contribution in [0.25, 0.3) is 0 Å². The van der Waals surface area contributed by atoms with Crippen molar-refractivity contribution in [2.45, 2.75) is 24.8 Å². The highest BCUT2D eigenvalue weighted by molar-refractivity contribution is 7.93. The number of nitrogens with zero attached hydrogens (tertiary/aromatic N) is 2. The number of rotatable bonds is 4. The fourth-order valence-electron chi connectivity index (χ4n) is 4.72. The molecular formula is C22H22N4O5S. The van der Waals surface area contributed by atoms with Crippen LogP contribution in [0, 0.1) is 0 Å². The largest absolute Gasteiger partial charge is 0.325 e. The Morgan fingerprint density at radius 1 is 1.09 bits per heavy atom. The number of imide groups is 1. The van der Waals surface area contributed by atoms with Gasteiger partial charge in [0.2, 0.25) is 15.9 Å². The first-order chi connectivity index (χ1) is 15.3. The van der Waals surface area contributed by atoms with Gasteiger partial charge in [-0.3, -0.25) is 18.8 Å². The van der Waals surface area contributed by atoms with Crippen molar-refractivity contribution in [2.75, 3.05) is 28.5 Å². The Morgan fingerprint density at radius 3 is 2.56 bits per heavy atom. The standard InChI is InChI=1S/C22H22N4O5S/c27-19(23-16-6-8-17(9-7-16)26-12-3-13-32(26,30)31)14-25-20(28)22(24-21(25)29)11-10-15-4-1-2-5-18(15)22/h1-2,4-9H,3,10-14H2,(H,23,27)(H,24,29). The first-order valence-corrected chi connectivity index (χ1v) is 12.0. The summed E-state index contributed by atoms with van der Waals surface area (Å²) in [5.41, 5.74) is 1.69. The van der Waals surface area contributed by atoms with Crippen LogP contribution >= 0.6 is 0 Å².